The lowest BCUT2D eigenvalue weighted by Crippen LogP contribution is -2.70. The predicted octanol–water partition coefficient (Wildman–Crippen LogP) is 6.40. The van der Waals surface area contributed by atoms with Crippen molar-refractivity contribution in [2.75, 3.05) is 25.4 Å². The Kier molecular flexibility index (Phi) is 13.4. The van der Waals surface area contributed by atoms with E-state index < -0.39 is 62.5 Å². The van der Waals surface area contributed by atoms with E-state index in [-0.39, 0.29) is 47.6 Å². The molecule has 0 saturated carbocycles. The van der Waals surface area contributed by atoms with E-state index >= 15 is 0 Å². The number of thioether (sulfide) groups is 1. The highest BCUT2D eigenvalue weighted by molar-refractivity contribution is 8.00. The number of esters is 1. The minimum atomic E-state index is -0.978. The van der Waals surface area contributed by atoms with E-state index in [9.17, 15) is 24.0 Å². The Morgan fingerprint density at radius 1 is 0.967 bits per heavy atom. The maximum atomic E-state index is 14.6. The van der Waals surface area contributed by atoms with Gasteiger partial charge in [-0.05, 0) is 75.3 Å². The number of rotatable bonds is 12. The topological polar surface area (TPSA) is 144 Å². The summed E-state index contributed by atoms with van der Waals surface area (Å²) in [6, 6.07) is 17.1. The number of hydrogen-bond donors (Lipinski definition) is 1. The first-order chi connectivity index (χ1) is 28.3. The van der Waals surface area contributed by atoms with Crippen molar-refractivity contribution in [2.45, 2.75) is 114 Å². The van der Waals surface area contributed by atoms with Crippen molar-refractivity contribution in [1.29, 1.82) is 0 Å². The van der Waals surface area contributed by atoms with E-state index in [0.29, 0.717) is 30.5 Å². The molecular formula is C45H58N4O9SSi. The van der Waals surface area contributed by atoms with Crippen LogP contribution in [0.15, 0.2) is 96.2 Å². The van der Waals surface area contributed by atoms with Crippen LogP contribution in [0.25, 0.3) is 0 Å². The normalized spacial score (nSPS) is 23.0. The lowest BCUT2D eigenvalue weighted by Gasteiger charge is -2.49. The molecule has 1 N–H and O–H groups in total. The van der Waals surface area contributed by atoms with Gasteiger partial charge >= 0.3 is 18.2 Å². The van der Waals surface area contributed by atoms with Crippen molar-refractivity contribution < 1.29 is 42.6 Å². The van der Waals surface area contributed by atoms with Gasteiger partial charge in [0.15, 0.2) is 15.9 Å². The number of hydrogen-bond acceptors (Lipinski definition) is 10. The van der Waals surface area contributed by atoms with Crippen molar-refractivity contribution in [3.8, 4) is 0 Å². The van der Waals surface area contributed by atoms with Gasteiger partial charge in [-0.2, -0.15) is 0 Å². The largest absolute Gasteiger partial charge is 0.448 e. The molecule has 0 aliphatic carbocycles. The summed E-state index contributed by atoms with van der Waals surface area (Å²) in [5.74, 6) is -1.16. The fourth-order valence-electron chi connectivity index (χ4n) is 7.86. The Hall–Kier alpha value is -4.86. The van der Waals surface area contributed by atoms with Gasteiger partial charge in [0.2, 0.25) is 5.91 Å². The van der Waals surface area contributed by atoms with Crippen LogP contribution in [-0.2, 0) is 33.0 Å². The quantitative estimate of drug-likeness (QED) is 0.0636. The first-order valence-electron chi connectivity index (χ1n) is 20.5. The number of fused-ring (bicyclic) bond motifs is 1. The Balaban J connectivity index is 1.30. The van der Waals surface area contributed by atoms with Crippen LogP contribution < -0.4 is 5.32 Å². The second-order valence-electron chi connectivity index (χ2n) is 18.3. The van der Waals surface area contributed by atoms with Crippen LogP contribution in [0.3, 0.4) is 0 Å². The number of ether oxygens (including phenoxy) is 3. The second kappa shape index (κ2) is 18.0. The van der Waals surface area contributed by atoms with Crippen molar-refractivity contribution >= 4 is 51.5 Å². The third-order valence-corrected chi connectivity index (χ3v) is 13.8. The first kappa shape index (κ1) is 44.7. The van der Waals surface area contributed by atoms with Crippen molar-refractivity contribution in [3.05, 3.63) is 107 Å². The number of alkyl carbamates (subject to hydrolysis) is 1. The Morgan fingerprint density at radius 2 is 1.60 bits per heavy atom. The molecule has 0 spiro atoms. The van der Waals surface area contributed by atoms with Crippen molar-refractivity contribution in [3.63, 3.8) is 0 Å². The molecule has 322 valence electrons. The van der Waals surface area contributed by atoms with E-state index in [1.54, 1.807) is 36.6 Å². The van der Waals surface area contributed by atoms with Gasteiger partial charge in [-0.25, -0.2) is 14.4 Å². The first-order valence-corrected chi connectivity index (χ1v) is 22.8. The number of likely N-dealkylation sites (tertiary alicyclic amines) is 2. The predicted molar refractivity (Wildman–Crippen MR) is 232 cm³/mol. The SMILES string of the molecule is C=CCOC(=O)N1C[C@H](N2CCC(=CC3=C(C(=O)OC(c4ccccc4)c4ccccc4)N4C(=O)[C@@H](NC(=O)OC(C)(C)C)[C@H]4SC3)C2=O)C[C@H]1C(C)(C)O[SiH2]C(C)(C)C. The van der Waals surface area contributed by atoms with Crippen LogP contribution in [0.2, 0.25) is 5.04 Å². The molecule has 60 heavy (non-hydrogen) atoms. The molecule has 15 heteroatoms. The lowest BCUT2D eigenvalue weighted by molar-refractivity contribution is -0.153. The molecule has 0 bridgehead atoms. The molecule has 4 aliphatic rings. The molecule has 2 aromatic carbocycles. The van der Waals surface area contributed by atoms with E-state index in [1.165, 1.54) is 22.7 Å². The van der Waals surface area contributed by atoms with Crippen LogP contribution in [0.5, 0.6) is 0 Å². The Labute approximate surface area is 359 Å². The van der Waals surface area contributed by atoms with Crippen molar-refractivity contribution in [2.24, 2.45) is 0 Å². The molecule has 4 heterocycles. The number of benzene rings is 2. The summed E-state index contributed by atoms with van der Waals surface area (Å²) in [5, 5.41) is 2.11. The fraction of sp³-hybridized carbons (Fsp3) is 0.489. The molecular weight excluding hydrogens is 801 g/mol. The highest BCUT2D eigenvalue weighted by Crippen LogP contribution is 2.43. The average molecular weight is 859 g/mol. The van der Waals surface area contributed by atoms with Gasteiger partial charge in [-0.1, -0.05) is 94.1 Å². The zero-order valence-corrected chi connectivity index (χ0v) is 38.1. The molecule has 0 radical (unpaired) electrons. The maximum Gasteiger partial charge on any atom is 0.410 e. The van der Waals surface area contributed by atoms with Gasteiger partial charge < -0.3 is 33.8 Å². The molecule has 4 amide bonds. The lowest BCUT2D eigenvalue weighted by atomic mass is 9.95. The fourth-order valence-corrected chi connectivity index (χ4v) is 10.2. The number of carbonyl (C=O) groups is 5. The summed E-state index contributed by atoms with van der Waals surface area (Å²) in [4.78, 5) is 73.9. The molecule has 0 unspecified atom stereocenters. The summed E-state index contributed by atoms with van der Waals surface area (Å²) >= 11 is 1.38. The number of carbonyl (C=O) groups excluding carboxylic acids is 5. The van der Waals surface area contributed by atoms with Gasteiger partial charge in [0, 0.05) is 24.4 Å². The van der Waals surface area contributed by atoms with Gasteiger partial charge in [0.1, 0.15) is 29.3 Å². The average Bonchev–Trinajstić information content (AvgIpc) is 3.81. The van der Waals surface area contributed by atoms with E-state index in [0.717, 1.165) is 11.1 Å². The monoisotopic (exact) mass is 858 g/mol. The van der Waals surface area contributed by atoms with E-state index in [1.807, 2.05) is 74.5 Å². The molecule has 3 saturated heterocycles. The molecule has 4 aliphatic heterocycles. The Bertz CT molecular complexity index is 1990. The van der Waals surface area contributed by atoms with Gasteiger partial charge in [-0.15, -0.1) is 11.8 Å². The van der Waals surface area contributed by atoms with Crippen LogP contribution in [0, 0.1) is 0 Å². The highest BCUT2D eigenvalue weighted by atomic mass is 32.2. The summed E-state index contributed by atoms with van der Waals surface area (Å²) in [5.41, 5.74) is 1.000. The van der Waals surface area contributed by atoms with E-state index in [4.69, 9.17) is 18.6 Å². The molecule has 3 fully saturated rings. The highest BCUT2D eigenvalue weighted by Gasteiger charge is 2.55. The van der Waals surface area contributed by atoms with Gasteiger partial charge in [0.25, 0.3) is 5.91 Å². The third kappa shape index (κ3) is 10.2. The van der Waals surface area contributed by atoms with Crippen molar-refractivity contribution in [1.82, 2.24) is 20.0 Å². The zero-order valence-electron chi connectivity index (χ0n) is 35.9. The second-order valence-corrected chi connectivity index (χ2v) is 22.1. The van der Waals surface area contributed by atoms with Gasteiger partial charge in [0.05, 0.1) is 17.7 Å². The minimum absolute atomic E-state index is 0.0283. The molecule has 13 nitrogen and oxygen atoms in total. The number of amides is 4. The molecule has 6 rings (SSSR count). The number of nitrogens with one attached hydrogen (secondary N) is 1. The summed E-state index contributed by atoms with van der Waals surface area (Å²) in [7, 11) is -0.978. The smallest absolute Gasteiger partial charge is 0.410 e. The maximum absolute atomic E-state index is 14.6. The summed E-state index contributed by atoms with van der Waals surface area (Å²) in [6.45, 7) is 20.1. The summed E-state index contributed by atoms with van der Waals surface area (Å²) < 4.78 is 23.8. The molecule has 0 aromatic heterocycles. The van der Waals surface area contributed by atoms with E-state index in [2.05, 4.69) is 32.7 Å². The molecule has 4 atom stereocenters. The van der Waals surface area contributed by atoms with Crippen LogP contribution in [-0.4, -0.2) is 115 Å². The number of β-lactam (4-membered cyclic amide) rings is 1. The minimum Gasteiger partial charge on any atom is -0.448 e. The number of allylic oxidation sites excluding steroid dienone is 1. The standard InChI is InChI=1S/C45H58N4O9SSi/c1-10-23-55-42(54)48-26-32(25-33(48)45(8,9)58-60-44(5,6)7)47-22-21-30(37(47)50)24-31-27-59-39-34(46-41(53)57-43(2,3)4)38(51)49(39)35(31)40(52)56-36(28-17-13-11-14-18-28)29-19-15-12-16-20-29/h10-20,24,32-34,36,39H,1,21-23,25-27,60H2,2-9H3,(H,46,53)/t32-,33+,34-,39-/m1/s1. The Morgan fingerprint density at radius 3 is 2.18 bits per heavy atom. The number of nitrogens with zero attached hydrogens (tertiary/aromatic N) is 3. The van der Waals surface area contributed by atoms with Crippen LogP contribution in [0.4, 0.5) is 9.59 Å². The van der Waals surface area contributed by atoms with Crippen LogP contribution in [0.1, 0.15) is 85.5 Å². The van der Waals surface area contributed by atoms with Gasteiger partial charge in [-0.3, -0.25) is 14.5 Å². The van der Waals surface area contributed by atoms with Crippen LogP contribution >= 0.6 is 11.8 Å². The zero-order chi connectivity index (χ0) is 43.6. The third-order valence-electron chi connectivity index (χ3n) is 10.8. The summed E-state index contributed by atoms with van der Waals surface area (Å²) in [6.07, 6.45) is 2.12. The molecule has 2 aromatic rings.